The summed E-state index contributed by atoms with van der Waals surface area (Å²) in [6.45, 7) is 3.42. The van der Waals surface area contributed by atoms with Gasteiger partial charge in [-0.1, -0.05) is 6.92 Å². The van der Waals surface area contributed by atoms with Gasteiger partial charge in [0.25, 0.3) is 5.91 Å². The summed E-state index contributed by atoms with van der Waals surface area (Å²) in [5.41, 5.74) is 5.99. The summed E-state index contributed by atoms with van der Waals surface area (Å²) in [6.07, 6.45) is 0.681. The van der Waals surface area contributed by atoms with E-state index < -0.39 is 21.8 Å². The Hall–Kier alpha value is -2.91. The van der Waals surface area contributed by atoms with Crippen molar-refractivity contribution in [3.8, 4) is 5.75 Å². The van der Waals surface area contributed by atoms with E-state index in [9.17, 15) is 18.0 Å². The van der Waals surface area contributed by atoms with E-state index in [1.807, 2.05) is 6.92 Å². The van der Waals surface area contributed by atoms with Gasteiger partial charge in [0.15, 0.2) is 6.61 Å². The van der Waals surface area contributed by atoms with E-state index in [2.05, 4.69) is 10.0 Å². The van der Waals surface area contributed by atoms with Crippen molar-refractivity contribution in [2.75, 3.05) is 11.9 Å². The van der Waals surface area contributed by atoms with Crippen LogP contribution in [-0.2, 0) is 14.8 Å². The van der Waals surface area contributed by atoms with Crippen LogP contribution in [0.25, 0.3) is 0 Å². The highest BCUT2D eigenvalue weighted by Gasteiger charge is 2.16. The van der Waals surface area contributed by atoms with Gasteiger partial charge in [0.1, 0.15) is 5.75 Å². The Kier molecular flexibility index (Phi) is 7.13. The first kappa shape index (κ1) is 21.4. The van der Waals surface area contributed by atoms with Crippen LogP contribution in [0.15, 0.2) is 53.4 Å². The zero-order valence-corrected chi connectivity index (χ0v) is 16.5. The molecule has 2 amide bonds. The summed E-state index contributed by atoms with van der Waals surface area (Å²) in [4.78, 5) is 23.1. The average Bonchev–Trinajstić information content (AvgIpc) is 2.66. The molecule has 0 aliphatic rings. The molecule has 0 saturated heterocycles. The molecule has 2 rings (SSSR count). The van der Waals surface area contributed by atoms with Gasteiger partial charge in [-0.3, -0.25) is 9.59 Å². The molecule has 1 atom stereocenters. The Morgan fingerprint density at radius 1 is 1.07 bits per heavy atom. The van der Waals surface area contributed by atoms with E-state index in [-0.39, 0.29) is 17.5 Å². The van der Waals surface area contributed by atoms with Gasteiger partial charge in [-0.15, -0.1) is 0 Å². The summed E-state index contributed by atoms with van der Waals surface area (Å²) in [6, 6.07) is 11.8. The predicted octanol–water partition coefficient (Wildman–Crippen LogP) is 1.88. The van der Waals surface area contributed by atoms with Crippen molar-refractivity contribution >= 4 is 27.5 Å². The lowest BCUT2D eigenvalue weighted by molar-refractivity contribution is -0.118. The number of hydrogen-bond donors (Lipinski definition) is 3. The highest BCUT2D eigenvalue weighted by molar-refractivity contribution is 7.89. The zero-order chi connectivity index (χ0) is 20.7. The molecule has 2 aromatic rings. The van der Waals surface area contributed by atoms with Gasteiger partial charge in [0.2, 0.25) is 15.9 Å². The monoisotopic (exact) mass is 405 g/mol. The number of sulfonamides is 1. The number of carbonyl (C=O) groups is 2. The molecule has 0 saturated carbocycles. The predicted molar refractivity (Wildman–Crippen MR) is 106 cm³/mol. The van der Waals surface area contributed by atoms with Crippen LogP contribution in [0.1, 0.15) is 30.6 Å². The van der Waals surface area contributed by atoms with Crippen LogP contribution in [0.2, 0.25) is 0 Å². The second-order valence-corrected chi connectivity index (χ2v) is 7.89. The van der Waals surface area contributed by atoms with Crippen LogP contribution in [0.3, 0.4) is 0 Å². The van der Waals surface area contributed by atoms with Gasteiger partial charge in [-0.25, -0.2) is 13.1 Å². The standard InChI is InChI=1S/C19H23N3O5S/c1-3-13(2)22-28(25,26)17-10-8-16(9-11-17)27-12-18(23)21-15-6-4-14(5-7-15)19(20)24/h4-11,13,22H,3,12H2,1-2H3,(H2,20,24)(H,21,23)/t13-/m1/s1. The first-order valence-corrected chi connectivity index (χ1v) is 10.1. The number of rotatable bonds is 9. The molecule has 0 aromatic heterocycles. The van der Waals surface area contributed by atoms with E-state index in [0.29, 0.717) is 23.4 Å². The third-order valence-electron chi connectivity index (χ3n) is 3.93. The number of amides is 2. The number of nitrogens with two attached hydrogens (primary N) is 1. The molecule has 0 spiro atoms. The van der Waals surface area contributed by atoms with Crippen molar-refractivity contribution in [3.05, 3.63) is 54.1 Å². The molecule has 0 fully saturated rings. The molecule has 0 aliphatic carbocycles. The molecular weight excluding hydrogens is 382 g/mol. The van der Waals surface area contributed by atoms with Gasteiger partial charge >= 0.3 is 0 Å². The quantitative estimate of drug-likeness (QED) is 0.587. The van der Waals surface area contributed by atoms with E-state index in [4.69, 9.17) is 10.5 Å². The normalized spacial score (nSPS) is 12.2. The third kappa shape index (κ3) is 6.07. The SMILES string of the molecule is CC[C@@H](C)NS(=O)(=O)c1ccc(OCC(=O)Nc2ccc(C(N)=O)cc2)cc1. The fourth-order valence-corrected chi connectivity index (χ4v) is 3.52. The summed E-state index contributed by atoms with van der Waals surface area (Å²) in [5.74, 6) is -0.588. The van der Waals surface area contributed by atoms with Crippen molar-refractivity contribution < 1.29 is 22.7 Å². The largest absolute Gasteiger partial charge is 0.484 e. The molecule has 8 nitrogen and oxygen atoms in total. The topological polar surface area (TPSA) is 128 Å². The molecule has 0 bridgehead atoms. The highest BCUT2D eigenvalue weighted by Crippen LogP contribution is 2.17. The summed E-state index contributed by atoms with van der Waals surface area (Å²) in [7, 11) is -3.59. The number of benzene rings is 2. The van der Waals surface area contributed by atoms with Gasteiger partial charge in [0.05, 0.1) is 4.90 Å². The minimum absolute atomic E-state index is 0.124. The molecule has 150 valence electrons. The minimum atomic E-state index is -3.59. The van der Waals surface area contributed by atoms with Crippen molar-refractivity contribution in [1.82, 2.24) is 4.72 Å². The van der Waals surface area contributed by atoms with Crippen molar-refractivity contribution in [1.29, 1.82) is 0 Å². The first-order valence-electron chi connectivity index (χ1n) is 8.66. The minimum Gasteiger partial charge on any atom is -0.484 e. The molecule has 0 aliphatic heterocycles. The zero-order valence-electron chi connectivity index (χ0n) is 15.6. The Balaban J connectivity index is 1.90. The second-order valence-electron chi connectivity index (χ2n) is 6.18. The lowest BCUT2D eigenvalue weighted by Crippen LogP contribution is -2.31. The molecule has 0 radical (unpaired) electrons. The number of anilines is 1. The Morgan fingerprint density at radius 2 is 1.68 bits per heavy atom. The lowest BCUT2D eigenvalue weighted by Gasteiger charge is -2.12. The maximum absolute atomic E-state index is 12.2. The summed E-state index contributed by atoms with van der Waals surface area (Å²) in [5, 5.41) is 2.62. The van der Waals surface area contributed by atoms with Gasteiger partial charge in [-0.05, 0) is 61.9 Å². The van der Waals surface area contributed by atoms with Crippen LogP contribution in [0.5, 0.6) is 5.75 Å². The van der Waals surface area contributed by atoms with E-state index >= 15 is 0 Å². The Bertz CT molecular complexity index is 925. The van der Waals surface area contributed by atoms with Crippen LogP contribution in [-0.4, -0.2) is 32.9 Å². The molecule has 2 aromatic carbocycles. The van der Waals surface area contributed by atoms with Crippen LogP contribution in [0.4, 0.5) is 5.69 Å². The van der Waals surface area contributed by atoms with E-state index in [0.717, 1.165) is 0 Å². The van der Waals surface area contributed by atoms with Crippen molar-refractivity contribution in [3.63, 3.8) is 0 Å². The molecule has 9 heteroatoms. The number of nitrogens with one attached hydrogen (secondary N) is 2. The molecule has 0 unspecified atom stereocenters. The highest BCUT2D eigenvalue weighted by atomic mass is 32.2. The molecular formula is C19H23N3O5S. The van der Waals surface area contributed by atoms with E-state index in [1.54, 1.807) is 19.1 Å². The van der Waals surface area contributed by atoms with Crippen molar-refractivity contribution in [2.45, 2.75) is 31.2 Å². The molecule has 4 N–H and O–H groups in total. The lowest BCUT2D eigenvalue weighted by atomic mass is 10.2. The van der Waals surface area contributed by atoms with Crippen LogP contribution in [0, 0.1) is 0 Å². The third-order valence-corrected chi connectivity index (χ3v) is 5.53. The maximum atomic E-state index is 12.2. The van der Waals surface area contributed by atoms with E-state index in [1.165, 1.54) is 36.4 Å². The Labute approximate surface area is 164 Å². The van der Waals surface area contributed by atoms with Crippen LogP contribution >= 0.6 is 0 Å². The second kappa shape index (κ2) is 9.34. The van der Waals surface area contributed by atoms with Crippen molar-refractivity contribution in [2.24, 2.45) is 5.73 Å². The van der Waals surface area contributed by atoms with Gasteiger partial charge in [0, 0.05) is 17.3 Å². The van der Waals surface area contributed by atoms with Crippen LogP contribution < -0.4 is 20.5 Å². The maximum Gasteiger partial charge on any atom is 0.262 e. The average molecular weight is 405 g/mol. The number of hydrogen-bond acceptors (Lipinski definition) is 5. The molecule has 0 heterocycles. The Morgan fingerprint density at radius 3 is 2.21 bits per heavy atom. The number of ether oxygens (including phenoxy) is 1. The fourth-order valence-electron chi connectivity index (χ4n) is 2.20. The smallest absolute Gasteiger partial charge is 0.262 e. The summed E-state index contributed by atoms with van der Waals surface area (Å²) < 4.78 is 32.3. The first-order chi connectivity index (χ1) is 13.2. The number of primary amides is 1. The van der Waals surface area contributed by atoms with Gasteiger partial charge < -0.3 is 15.8 Å². The molecule has 28 heavy (non-hydrogen) atoms. The van der Waals surface area contributed by atoms with Gasteiger partial charge in [-0.2, -0.15) is 0 Å². The summed E-state index contributed by atoms with van der Waals surface area (Å²) >= 11 is 0. The number of carbonyl (C=O) groups excluding carboxylic acids is 2. The fraction of sp³-hybridized carbons (Fsp3) is 0.263.